The van der Waals surface area contributed by atoms with E-state index in [4.69, 9.17) is 5.73 Å². The summed E-state index contributed by atoms with van der Waals surface area (Å²) in [6.45, 7) is 2.84. The summed E-state index contributed by atoms with van der Waals surface area (Å²) in [4.78, 5) is 4.56. The fourth-order valence-electron chi connectivity index (χ4n) is 2.62. The van der Waals surface area contributed by atoms with Crippen molar-refractivity contribution in [2.45, 2.75) is 25.4 Å². The minimum atomic E-state index is -0.270. The summed E-state index contributed by atoms with van der Waals surface area (Å²) >= 11 is 0. The molecule has 0 aliphatic carbocycles. The normalized spacial score (nSPS) is 21.4. The van der Waals surface area contributed by atoms with Crippen LogP contribution in [0.4, 0.5) is 10.1 Å². The smallest absolute Gasteiger partial charge is 0.150 e. The molecule has 0 saturated carbocycles. The lowest BCUT2D eigenvalue weighted by Gasteiger charge is -2.36. The van der Waals surface area contributed by atoms with Gasteiger partial charge in [-0.15, -0.1) is 0 Å². The van der Waals surface area contributed by atoms with Gasteiger partial charge in [-0.05, 0) is 39.5 Å². The molecule has 1 aliphatic heterocycles. The first-order chi connectivity index (χ1) is 8.58. The van der Waals surface area contributed by atoms with E-state index in [1.807, 2.05) is 12.1 Å². The van der Waals surface area contributed by atoms with Crippen molar-refractivity contribution in [2.75, 3.05) is 32.9 Å². The van der Waals surface area contributed by atoms with Crippen LogP contribution in [0.5, 0.6) is 0 Å². The zero-order chi connectivity index (χ0) is 13.1. The molecule has 100 valence electrons. The molecule has 0 amide bonds. The van der Waals surface area contributed by atoms with Gasteiger partial charge in [0.05, 0.1) is 5.69 Å². The first-order valence-corrected chi connectivity index (χ1v) is 6.49. The summed E-state index contributed by atoms with van der Waals surface area (Å²) in [5, 5.41) is 0. The Balaban J connectivity index is 2.02. The molecule has 2 rings (SSSR count). The van der Waals surface area contributed by atoms with Gasteiger partial charge >= 0.3 is 0 Å². The highest BCUT2D eigenvalue weighted by molar-refractivity contribution is 5.42. The SMILES string of the molecule is CN1CCCC(N(C)Cc2cccc(N)c2F)C1. The van der Waals surface area contributed by atoms with Gasteiger partial charge in [-0.3, -0.25) is 4.90 Å². The largest absolute Gasteiger partial charge is 0.396 e. The monoisotopic (exact) mass is 251 g/mol. The maximum absolute atomic E-state index is 13.8. The molecule has 1 heterocycles. The lowest BCUT2D eigenvalue weighted by atomic mass is 10.0. The fraction of sp³-hybridized carbons (Fsp3) is 0.571. The van der Waals surface area contributed by atoms with Crippen LogP contribution in [0.3, 0.4) is 0 Å². The molecule has 0 radical (unpaired) electrons. The number of nitrogens with two attached hydrogens (primary N) is 1. The van der Waals surface area contributed by atoms with Crippen LogP contribution in [0.2, 0.25) is 0 Å². The quantitative estimate of drug-likeness (QED) is 0.833. The third-order valence-electron chi connectivity index (χ3n) is 3.75. The molecular formula is C14H22FN3. The van der Waals surface area contributed by atoms with Crippen LogP contribution in [0.25, 0.3) is 0 Å². The highest BCUT2D eigenvalue weighted by atomic mass is 19.1. The number of rotatable bonds is 3. The van der Waals surface area contributed by atoms with E-state index in [0.29, 0.717) is 18.2 Å². The molecule has 1 aromatic carbocycles. The van der Waals surface area contributed by atoms with Crippen LogP contribution in [-0.4, -0.2) is 43.0 Å². The van der Waals surface area contributed by atoms with Crippen molar-refractivity contribution in [3.05, 3.63) is 29.6 Å². The van der Waals surface area contributed by atoms with E-state index in [1.54, 1.807) is 6.07 Å². The second-order valence-corrected chi connectivity index (χ2v) is 5.29. The molecule has 1 aromatic rings. The minimum absolute atomic E-state index is 0.238. The van der Waals surface area contributed by atoms with Crippen molar-refractivity contribution in [3.8, 4) is 0 Å². The van der Waals surface area contributed by atoms with Gasteiger partial charge in [0.25, 0.3) is 0 Å². The number of anilines is 1. The van der Waals surface area contributed by atoms with Crippen LogP contribution in [0, 0.1) is 5.82 Å². The van der Waals surface area contributed by atoms with E-state index in [9.17, 15) is 4.39 Å². The Morgan fingerprint density at radius 1 is 1.50 bits per heavy atom. The number of likely N-dealkylation sites (tertiary alicyclic amines) is 1. The number of nitrogens with zero attached hydrogens (tertiary/aromatic N) is 2. The summed E-state index contributed by atoms with van der Waals surface area (Å²) in [5.74, 6) is -0.270. The average molecular weight is 251 g/mol. The van der Waals surface area contributed by atoms with Crippen molar-refractivity contribution >= 4 is 5.69 Å². The van der Waals surface area contributed by atoms with Gasteiger partial charge in [0.2, 0.25) is 0 Å². The Morgan fingerprint density at radius 3 is 3.00 bits per heavy atom. The van der Waals surface area contributed by atoms with Gasteiger partial charge in [0.15, 0.2) is 5.82 Å². The van der Waals surface area contributed by atoms with E-state index in [2.05, 4.69) is 23.9 Å². The van der Waals surface area contributed by atoms with Crippen LogP contribution in [-0.2, 0) is 6.54 Å². The Kier molecular flexibility index (Phi) is 4.19. The summed E-state index contributed by atoms with van der Waals surface area (Å²) in [6, 6.07) is 5.74. The van der Waals surface area contributed by atoms with Crippen molar-refractivity contribution < 1.29 is 4.39 Å². The van der Waals surface area contributed by atoms with E-state index >= 15 is 0 Å². The number of hydrogen-bond donors (Lipinski definition) is 1. The predicted molar refractivity (Wildman–Crippen MR) is 72.8 cm³/mol. The number of benzene rings is 1. The number of halogens is 1. The first kappa shape index (κ1) is 13.3. The molecule has 4 heteroatoms. The van der Waals surface area contributed by atoms with Gasteiger partial charge in [0, 0.05) is 24.7 Å². The average Bonchev–Trinajstić information content (AvgIpc) is 2.35. The molecule has 1 fully saturated rings. The zero-order valence-electron chi connectivity index (χ0n) is 11.2. The van der Waals surface area contributed by atoms with E-state index in [-0.39, 0.29) is 11.5 Å². The zero-order valence-corrected chi connectivity index (χ0v) is 11.2. The van der Waals surface area contributed by atoms with Gasteiger partial charge in [0.1, 0.15) is 0 Å². The van der Waals surface area contributed by atoms with Crippen LogP contribution in [0.1, 0.15) is 18.4 Å². The van der Waals surface area contributed by atoms with E-state index in [0.717, 1.165) is 13.1 Å². The van der Waals surface area contributed by atoms with Crippen molar-refractivity contribution in [3.63, 3.8) is 0 Å². The number of hydrogen-bond acceptors (Lipinski definition) is 3. The fourth-order valence-corrected chi connectivity index (χ4v) is 2.62. The Hall–Kier alpha value is -1.13. The molecule has 0 spiro atoms. The minimum Gasteiger partial charge on any atom is -0.396 e. The maximum Gasteiger partial charge on any atom is 0.150 e. The topological polar surface area (TPSA) is 32.5 Å². The van der Waals surface area contributed by atoms with Gasteiger partial charge < -0.3 is 10.6 Å². The van der Waals surface area contributed by atoms with Crippen molar-refractivity contribution in [2.24, 2.45) is 0 Å². The highest BCUT2D eigenvalue weighted by Crippen LogP contribution is 2.19. The first-order valence-electron chi connectivity index (χ1n) is 6.49. The number of nitrogen functional groups attached to an aromatic ring is 1. The molecule has 1 saturated heterocycles. The standard InChI is InChI=1S/C14H22FN3/c1-17-8-4-6-12(10-17)18(2)9-11-5-3-7-13(16)14(11)15/h3,5,7,12H,4,6,8-10,16H2,1-2H3. The Morgan fingerprint density at radius 2 is 2.28 bits per heavy atom. The summed E-state index contributed by atoms with van der Waals surface area (Å²) < 4.78 is 13.8. The molecule has 18 heavy (non-hydrogen) atoms. The van der Waals surface area contributed by atoms with E-state index in [1.165, 1.54) is 12.8 Å². The Labute approximate surface area is 108 Å². The second kappa shape index (κ2) is 5.67. The molecular weight excluding hydrogens is 229 g/mol. The molecule has 2 N–H and O–H groups in total. The molecule has 1 aliphatic rings. The molecule has 1 unspecified atom stereocenters. The molecule has 0 aromatic heterocycles. The Bertz CT molecular complexity index is 408. The summed E-state index contributed by atoms with van der Waals surface area (Å²) in [7, 11) is 4.20. The molecule has 3 nitrogen and oxygen atoms in total. The van der Waals surface area contributed by atoms with Crippen molar-refractivity contribution in [1.29, 1.82) is 0 Å². The molecule has 0 bridgehead atoms. The number of piperidine rings is 1. The predicted octanol–water partition coefficient (Wildman–Crippen LogP) is 1.93. The maximum atomic E-state index is 13.8. The highest BCUT2D eigenvalue weighted by Gasteiger charge is 2.21. The third kappa shape index (κ3) is 3.00. The van der Waals surface area contributed by atoms with Crippen LogP contribution < -0.4 is 5.73 Å². The van der Waals surface area contributed by atoms with Crippen LogP contribution >= 0.6 is 0 Å². The number of likely N-dealkylation sites (N-methyl/N-ethyl adjacent to an activating group) is 2. The lowest BCUT2D eigenvalue weighted by Crippen LogP contribution is -2.44. The van der Waals surface area contributed by atoms with E-state index < -0.39 is 0 Å². The van der Waals surface area contributed by atoms with Gasteiger partial charge in [-0.2, -0.15) is 0 Å². The van der Waals surface area contributed by atoms with Crippen LogP contribution in [0.15, 0.2) is 18.2 Å². The van der Waals surface area contributed by atoms with Crippen molar-refractivity contribution in [1.82, 2.24) is 9.80 Å². The lowest BCUT2D eigenvalue weighted by molar-refractivity contribution is 0.128. The second-order valence-electron chi connectivity index (χ2n) is 5.29. The summed E-state index contributed by atoms with van der Waals surface area (Å²) in [6.07, 6.45) is 2.40. The third-order valence-corrected chi connectivity index (χ3v) is 3.75. The molecule has 1 atom stereocenters. The van der Waals surface area contributed by atoms with Gasteiger partial charge in [-0.1, -0.05) is 12.1 Å². The summed E-state index contributed by atoms with van der Waals surface area (Å²) in [5.41, 5.74) is 6.52. The van der Waals surface area contributed by atoms with Gasteiger partial charge in [-0.25, -0.2) is 4.39 Å².